The minimum absolute atomic E-state index is 0.00802. The van der Waals surface area contributed by atoms with Crippen molar-refractivity contribution >= 4 is 11.8 Å². The quantitative estimate of drug-likeness (QED) is 0.546. The molecule has 2 fully saturated rings. The van der Waals surface area contributed by atoms with E-state index in [1.165, 1.54) is 23.0 Å². The zero-order valence-corrected chi connectivity index (χ0v) is 23.2. The van der Waals surface area contributed by atoms with Crippen molar-refractivity contribution in [1.29, 1.82) is 0 Å². The van der Waals surface area contributed by atoms with Crippen LogP contribution in [0.15, 0.2) is 34.9 Å². The van der Waals surface area contributed by atoms with E-state index >= 15 is 0 Å². The van der Waals surface area contributed by atoms with Gasteiger partial charge < -0.3 is 33.6 Å². The number of furan rings is 1. The van der Waals surface area contributed by atoms with Gasteiger partial charge in [0.1, 0.15) is 11.8 Å². The molecule has 3 aliphatic heterocycles. The van der Waals surface area contributed by atoms with Crippen molar-refractivity contribution in [3.63, 3.8) is 0 Å². The molecule has 1 unspecified atom stereocenters. The molecule has 40 heavy (non-hydrogen) atoms. The number of amides is 2. The monoisotopic (exact) mass is 542 g/mol. The van der Waals surface area contributed by atoms with Crippen LogP contribution in [-0.4, -0.2) is 84.4 Å². The number of rotatable bonds is 3. The molecule has 2 aliphatic carbocycles. The molecule has 8 rings (SSSR count). The molecule has 4 atom stereocenters. The molecule has 9 nitrogen and oxygen atoms in total. The Morgan fingerprint density at radius 1 is 1.05 bits per heavy atom. The van der Waals surface area contributed by atoms with Crippen LogP contribution in [0.4, 0.5) is 0 Å². The molecule has 0 saturated carbocycles. The summed E-state index contributed by atoms with van der Waals surface area (Å²) in [6.45, 7) is 5.03. The molecule has 0 radical (unpaired) electrons. The van der Waals surface area contributed by atoms with Gasteiger partial charge in [0.25, 0.3) is 11.8 Å². The predicted octanol–water partition coefficient (Wildman–Crippen LogP) is 3.33. The number of piperazine rings is 1. The summed E-state index contributed by atoms with van der Waals surface area (Å²) in [4.78, 5) is 36.4. The van der Waals surface area contributed by atoms with Crippen molar-refractivity contribution in [3.8, 4) is 11.5 Å². The van der Waals surface area contributed by atoms with Crippen LogP contribution in [0.2, 0.25) is 0 Å². The molecule has 9 heteroatoms. The highest BCUT2D eigenvalue weighted by molar-refractivity contribution is 5.95. The Morgan fingerprint density at radius 3 is 2.55 bits per heavy atom. The maximum atomic E-state index is 13.9. The van der Waals surface area contributed by atoms with Crippen LogP contribution < -0.4 is 9.47 Å². The predicted molar refractivity (Wildman–Crippen MR) is 146 cm³/mol. The van der Waals surface area contributed by atoms with E-state index in [4.69, 9.17) is 13.9 Å². The Hall–Kier alpha value is -3.72. The lowest BCUT2D eigenvalue weighted by molar-refractivity contribution is -0.0256. The minimum Gasteiger partial charge on any atom is -0.493 e. The molecular formula is C31H34N4O5. The largest absolute Gasteiger partial charge is 0.493 e. The second kappa shape index (κ2) is 8.39. The van der Waals surface area contributed by atoms with Crippen LogP contribution in [0.5, 0.6) is 11.5 Å². The van der Waals surface area contributed by atoms with Crippen molar-refractivity contribution in [2.75, 3.05) is 46.9 Å². The smallest absolute Gasteiger partial charge is 0.289 e. The van der Waals surface area contributed by atoms with E-state index < -0.39 is 0 Å². The number of H-pyrrole nitrogens is 1. The number of methoxy groups -OCH3 is 1. The highest BCUT2D eigenvalue weighted by Gasteiger charge is 2.65. The van der Waals surface area contributed by atoms with Crippen LogP contribution in [0.25, 0.3) is 0 Å². The van der Waals surface area contributed by atoms with Gasteiger partial charge in [0.05, 0.1) is 19.1 Å². The van der Waals surface area contributed by atoms with Gasteiger partial charge in [0, 0.05) is 43.2 Å². The highest BCUT2D eigenvalue weighted by atomic mass is 16.5. The van der Waals surface area contributed by atoms with E-state index in [2.05, 4.69) is 29.9 Å². The van der Waals surface area contributed by atoms with Crippen molar-refractivity contribution in [2.24, 2.45) is 5.92 Å². The molecule has 2 bridgehead atoms. The molecule has 1 N–H and O–H groups in total. The normalized spacial score (nSPS) is 28.1. The molecule has 2 amide bonds. The first-order valence-electron chi connectivity index (χ1n) is 14.3. The van der Waals surface area contributed by atoms with Crippen LogP contribution in [-0.2, 0) is 18.3 Å². The van der Waals surface area contributed by atoms with Crippen molar-refractivity contribution < 1.29 is 23.5 Å². The van der Waals surface area contributed by atoms with E-state index in [-0.39, 0.29) is 23.3 Å². The number of aromatic nitrogens is 1. The first kappa shape index (κ1) is 24.1. The third-order valence-electron chi connectivity index (χ3n) is 10.5. The number of nitrogens with zero attached hydrogens (tertiary/aromatic N) is 3. The van der Waals surface area contributed by atoms with Crippen LogP contribution in [0.1, 0.15) is 61.5 Å². The third-order valence-corrected chi connectivity index (χ3v) is 10.5. The molecule has 5 aliphatic rings. The van der Waals surface area contributed by atoms with E-state index in [9.17, 15) is 9.59 Å². The fourth-order valence-corrected chi connectivity index (χ4v) is 8.48. The first-order chi connectivity index (χ1) is 19.4. The maximum Gasteiger partial charge on any atom is 0.289 e. The number of likely N-dealkylation sites (N-methyl/N-ethyl adjacent to an activating group) is 1. The lowest BCUT2D eigenvalue weighted by Gasteiger charge is -2.57. The number of hydrogen-bond donors (Lipinski definition) is 1. The fourth-order valence-electron chi connectivity index (χ4n) is 8.48. The SMILES string of the molecule is COc1ccc2c3c1O[C@H]1c4[nH]c(C(=O)N5CCN(C(=O)c6ccco6)CC5)c(C)c4CC4[C@@H](C2)N(C)CC[C@@]341. The molecule has 3 aromatic rings. The summed E-state index contributed by atoms with van der Waals surface area (Å²) in [6, 6.07) is 8.11. The average molecular weight is 543 g/mol. The van der Waals surface area contributed by atoms with Crippen LogP contribution in [0, 0.1) is 12.8 Å². The van der Waals surface area contributed by atoms with Gasteiger partial charge in [-0.1, -0.05) is 6.07 Å². The van der Waals surface area contributed by atoms with Crippen molar-refractivity contribution in [1.82, 2.24) is 19.7 Å². The number of benzene rings is 1. The summed E-state index contributed by atoms with van der Waals surface area (Å²) in [5.74, 6) is 2.30. The van der Waals surface area contributed by atoms with Gasteiger partial charge in [-0.05, 0) is 80.6 Å². The van der Waals surface area contributed by atoms with Crippen molar-refractivity contribution in [3.05, 3.63) is 69.9 Å². The zero-order valence-electron chi connectivity index (χ0n) is 23.2. The lowest BCUT2D eigenvalue weighted by Crippen LogP contribution is -2.62. The van der Waals surface area contributed by atoms with E-state index in [1.807, 2.05) is 11.0 Å². The fraction of sp³-hybridized carbons (Fsp3) is 0.484. The van der Waals surface area contributed by atoms with E-state index in [1.54, 1.807) is 24.1 Å². The summed E-state index contributed by atoms with van der Waals surface area (Å²) in [5, 5.41) is 0. The van der Waals surface area contributed by atoms with Gasteiger partial charge in [0.15, 0.2) is 17.3 Å². The van der Waals surface area contributed by atoms with Crippen LogP contribution in [0.3, 0.4) is 0 Å². The number of ether oxygens (including phenoxy) is 2. The second-order valence-corrected chi connectivity index (χ2v) is 12.1. The molecular weight excluding hydrogens is 508 g/mol. The Balaban J connectivity index is 1.13. The number of aromatic amines is 1. The standard InChI is InChI=1S/C31H34N4O5/c1-17-19-16-20-21-15-18-6-7-22(38-3)27-24(18)31(20,8-9-33(21)2)28(40-27)26(19)32-25(17)30(37)35-12-10-34(11-13-35)29(36)23-5-4-14-39-23/h4-7,14,20-21,28,32H,8-13,15-16H2,1-3H3/t20?,21-,28+,31+/m1/s1. The summed E-state index contributed by atoms with van der Waals surface area (Å²) >= 11 is 0. The summed E-state index contributed by atoms with van der Waals surface area (Å²) in [7, 11) is 3.96. The highest BCUT2D eigenvalue weighted by Crippen LogP contribution is 2.67. The Labute approximate surface area is 233 Å². The molecule has 2 saturated heterocycles. The molecule has 2 aromatic heterocycles. The number of nitrogens with one attached hydrogen (secondary N) is 1. The van der Waals surface area contributed by atoms with Crippen molar-refractivity contribution in [2.45, 2.75) is 43.7 Å². The second-order valence-electron chi connectivity index (χ2n) is 12.1. The number of hydrogen-bond acceptors (Lipinski definition) is 6. The number of carbonyl (C=O) groups is 2. The molecule has 1 spiro atoms. The van der Waals surface area contributed by atoms with Gasteiger partial charge in [-0.2, -0.15) is 0 Å². The number of likely N-dealkylation sites (tertiary alicyclic amines) is 1. The number of carbonyl (C=O) groups excluding carboxylic acids is 2. The molecule has 5 heterocycles. The van der Waals surface area contributed by atoms with E-state index in [0.717, 1.165) is 48.6 Å². The summed E-state index contributed by atoms with van der Waals surface area (Å²) < 4.78 is 17.9. The summed E-state index contributed by atoms with van der Waals surface area (Å²) in [5.41, 5.74) is 6.57. The zero-order chi connectivity index (χ0) is 27.3. The molecule has 1 aromatic carbocycles. The number of fused-ring (bicyclic) bond motifs is 2. The first-order valence-corrected chi connectivity index (χ1v) is 14.3. The van der Waals surface area contributed by atoms with E-state index in [0.29, 0.717) is 49.6 Å². The third kappa shape index (κ3) is 3.01. The van der Waals surface area contributed by atoms with Gasteiger partial charge >= 0.3 is 0 Å². The topological polar surface area (TPSA) is 91.2 Å². The lowest BCUT2D eigenvalue weighted by atomic mass is 9.51. The average Bonchev–Trinajstić information content (AvgIpc) is 3.71. The maximum absolute atomic E-state index is 13.9. The minimum atomic E-state index is -0.161. The summed E-state index contributed by atoms with van der Waals surface area (Å²) in [6.07, 6.45) is 4.31. The Kier molecular flexibility index (Phi) is 5.06. The van der Waals surface area contributed by atoms with Crippen LogP contribution >= 0.6 is 0 Å². The van der Waals surface area contributed by atoms with Gasteiger partial charge in [-0.15, -0.1) is 0 Å². The van der Waals surface area contributed by atoms with Gasteiger partial charge in [0.2, 0.25) is 0 Å². The Morgan fingerprint density at radius 2 is 1.82 bits per heavy atom. The van der Waals surface area contributed by atoms with Gasteiger partial charge in [-0.3, -0.25) is 9.59 Å². The number of piperidine rings is 1. The molecule has 208 valence electrons. The Bertz CT molecular complexity index is 1540. The van der Waals surface area contributed by atoms with Gasteiger partial charge in [-0.25, -0.2) is 0 Å².